The molecule has 0 aliphatic rings. The molecule has 1 heterocycles. The van der Waals surface area contributed by atoms with Crippen molar-refractivity contribution in [3.05, 3.63) is 76.0 Å². The predicted octanol–water partition coefficient (Wildman–Crippen LogP) is 3.98. The first-order chi connectivity index (χ1) is 14.2. The number of hydrogen-bond acceptors (Lipinski definition) is 7. The molecule has 30 heavy (non-hydrogen) atoms. The quantitative estimate of drug-likeness (QED) is 0.443. The van der Waals surface area contributed by atoms with Gasteiger partial charge in [-0.05, 0) is 50.2 Å². The minimum Gasteiger partial charge on any atom is -0.494 e. The summed E-state index contributed by atoms with van der Waals surface area (Å²) in [5, 5.41) is 13.3. The van der Waals surface area contributed by atoms with Gasteiger partial charge in [-0.3, -0.25) is 14.9 Å². The second-order valence-corrected chi connectivity index (χ2v) is 8.14. The van der Waals surface area contributed by atoms with Gasteiger partial charge in [-0.25, -0.2) is 8.42 Å². The van der Waals surface area contributed by atoms with Crippen LogP contribution >= 0.6 is 0 Å². The molecule has 2 aromatic carbocycles. The van der Waals surface area contributed by atoms with E-state index in [-0.39, 0.29) is 27.8 Å². The average Bonchev–Trinajstić information content (AvgIpc) is 3.21. The Bertz CT molecular complexity index is 1200. The number of nitrogens with one attached hydrogen (secondary N) is 1. The van der Waals surface area contributed by atoms with E-state index in [0.717, 1.165) is 11.6 Å². The first-order valence-electron chi connectivity index (χ1n) is 8.86. The summed E-state index contributed by atoms with van der Waals surface area (Å²) < 4.78 is 35.8. The minimum atomic E-state index is -3.95. The molecule has 0 saturated carbocycles. The number of sulfone groups is 1. The van der Waals surface area contributed by atoms with E-state index in [1.807, 2.05) is 6.92 Å². The van der Waals surface area contributed by atoms with Gasteiger partial charge in [0.2, 0.25) is 14.9 Å². The van der Waals surface area contributed by atoms with Crippen molar-refractivity contribution in [1.29, 1.82) is 0 Å². The molecule has 0 saturated heterocycles. The molecule has 1 amide bonds. The second-order valence-electron chi connectivity index (χ2n) is 6.26. The maximum atomic E-state index is 12.7. The van der Waals surface area contributed by atoms with Crippen LogP contribution < -0.4 is 10.1 Å². The third kappa shape index (κ3) is 4.33. The van der Waals surface area contributed by atoms with Gasteiger partial charge in [0.1, 0.15) is 11.4 Å². The molecule has 9 nitrogen and oxygen atoms in total. The Labute approximate surface area is 172 Å². The summed E-state index contributed by atoms with van der Waals surface area (Å²) in [6.45, 7) is 3.89. The number of anilines is 1. The van der Waals surface area contributed by atoms with Crippen molar-refractivity contribution in [2.24, 2.45) is 0 Å². The van der Waals surface area contributed by atoms with Gasteiger partial charge in [0.25, 0.3) is 11.6 Å². The van der Waals surface area contributed by atoms with Gasteiger partial charge < -0.3 is 14.5 Å². The Morgan fingerprint density at radius 2 is 1.83 bits per heavy atom. The molecule has 0 radical (unpaired) electrons. The molecule has 1 N–H and O–H groups in total. The zero-order valence-electron chi connectivity index (χ0n) is 16.1. The highest BCUT2D eigenvalue weighted by Gasteiger charge is 2.25. The van der Waals surface area contributed by atoms with Crippen LogP contribution in [0.25, 0.3) is 0 Å². The fourth-order valence-electron chi connectivity index (χ4n) is 2.63. The third-order valence-electron chi connectivity index (χ3n) is 4.13. The number of aryl methyl sites for hydroxylation is 1. The van der Waals surface area contributed by atoms with Crippen LogP contribution in [0.15, 0.2) is 69.0 Å². The SMILES string of the molecule is CCOc1ccc(NC(=O)c2ccc(S(=O)(=O)c3ccc(C)cc3)o2)c([N+](=O)[O-])c1. The first-order valence-corrected chi connectivity index (χ1v) is 10.3. The van der Waals surface area contributed by atoms with Crippen molar-refractivity contribution in [3.8, 4) is 5.75 Å². The molecule has 0 spiro atoms. The highest BCUT2D eigenvalue weighted by Crippen LogP contribution is 2.30. The van der Waals surface area contributed by atoms with Gasteiger partial charge in [0, 0.05) is 0 Å². The van der Waals surface area contributed by atoms with Crippen molar-refractivity contribution in [2.75, 3.05) is 11.9 Å². The fourth-order valence-corrected chi connectivity index (χ4v) is 3.80. The molecule has 0 atom stereocenters. The number of hydrogen-bond donors (Lipinski definition) is 1. The number of rotatable bonds is 7. The summed E-state index contributed by atoms with van der Waals surface area (Å²) in [5.41, 5.74) is 0.451. The van der Waals surface area contributed by atoms with Gasteiger partial charge in [-0.15, -0.1) is 0 Å². The summed E-state index contributed by atoms with van der Waals surface area (Å²) in [4.78, 5) is 23.1. The maximum absolute atomic E-state index is 12.7. The highest BCUT2D eigenvalue weighted by atomic mass is 32.2. The van der Waals surface area contributed by atoms with Gasteiger partial charge in [0.15, 0.2) is 5.76 Å². The molecule has 0 bridgehead atoms. The lowest BCUT2D eigenvalue weighted by molar-refractivity contribution is -0.384. The molecule has 0 aliphatic carbocycles. The summed E-state index contributed by atoms with van der Waals surface area (Å²) in [5.74, 6) is -0.844. The van der Waals surface area contributed by atoms with Crippen LogP contribution in [-0.2, 0) is 9.84 Å². The summed E-state index contributed by atoms with van der Waals surface area (Å²) >= 11 is 0. The maximum Gasteiger partial charge on any atom is 0.296 e. The zero-order valence-corrected chi connectivity index (χ0v) is 16.9. The number of furan rings is 1. The van der Waals surface area contributed by atoms with E-state index >= 15 is 0 Å². The molecule has 0 unspecified atom stereocenters. The van der Waals surface area contributed by atoms with Crippen LogP contribution in [-0.4, -0.2) is 25.9 Å². The largest absolute Gasteiger partial charge is 0.494 e. The summed E-state index contributed by atoms with van der Waals surface area (Å²) in [7, 11) is -3.95. The van der Waals surface area contributed by atoms with E-state index in [2.05, 4.69) is 5.32 Å². The lowest BCUT2D eigenvalue weighted by atomic mass is 10.2. The Balaban J connectivity index is 1.85. The molecular weight excluding hydrogens is 412 g/mol. The van der Waals surface area contributed by atoms with Crippen molar-refractivity contribution in [3.63, 3.8) is 0 Å². The van der Waals surface area contributed by atoms with E-state index in [1.54, 1.807) is 19.1 Å². The van der Waals surface area contributed by atoms with E-state index < -0.39 is 25.8 Å². The van der Waals surface area contributed by atoms with E-state index in [9.17, 15) is 23.3 Å². The minimum absolute atomic E-state index is 0.0246. The molecule has 10 heteroatoms. The van der Waals surface area contributed by atoms with Crippen molar-refractivity contribution in [1.82, 2.24) is 0 Å². The van der Waals surface area contributed by atoms with Gasteiger partial charge in [-0.1, -0.05) is 17.7 Å². The van der Waals surface area contributed by atoms with Crippen molar-refractivity contribution < 1.29 is 27.3 Å². The predicted molar refractivity (Wildman–Crippen MR) is 108 cm³/mol. The topological polar surface area (TPSA) is 129 Å². The van der Waals surface area contributed by atoms with E-state index in [0.29, 0.717) is 6.61 Å². The lowest BCUT2D eigenvalue weighted by Crippen LogP contribution is -2.12. The van der Waals surface area contributed by atoms with E-state index in [4.69, 9.17) is 9.15 Å². The zero-order chi connectivity index (χ0) is 21.9. The number of nitro benzene ring substituents is 1. The molecule has 3 rings (SSSR count). The van der Waals surface area contributed by atoms with Crippen LogP contribution in [0.4, 0.5) is 11.4 Å². The van der Waals surface area contributed by atoms with Gasteiger partial charge in [0.05, 0.1) is 22.5 Å². The van der Waals surface area contributed by atoms with E-state index in [1.165, 1.54) is 36.4 Å². The van der Waals surface area contributed by atoms with Crippen molar-refractivity contribution >= 4 is 27.1 Å². The number of nitrogens with zero attached hydrogens (tertiary/aromatic N) is 1. The summed E-state index contributed by atoms with van der Waals surface area (Å²) in [6.07, 6.45) is 0. The fraction of sp³-hybridized carbons (Fsp3) is 0.150. The van der Waals surface area contributed by atoms with Crippen LogP contribution in [0, 0.1) is 17.0 Å². The summed E-state index contributed by atoms with van der Waals surface area (Å²) in [6, 6.07) is 12.5. The van der Waals surface area contributed by atoms with Crippen LogP contribution in [0.2, 0.25) is 0 Å². The second kappa shape index (κ2) is 8.37. The smallest absolute Gasteiger partial charge is 0.296 e. The third-order valence-corrected chi connectivity index (χ3v) is 5.77. The highest BCUT2D eigenvalue weighted by molar-refractivity contribution is 7.91. The number of benzene rings is 2. The number of carbonyl (C=O) groups excluding carboxylic acids is 1. The number of amides is 1. The normalized spacial score (nSPS) is 11.1. The standard InChI is InChI=1S/C20H18N2O7S/c1-3-28-14-6-9-16(17(12-14)22(24)25)21-20(23)18-10-11-19(29-18)30(26,27)15-7-4-13(2)5-8-15/h4-12H,3H2,1-2H3,(H,21,23). The molecular formula is C20H18N2O7S. The van der Waals surface area contributed by atoms with Crippen LogP contribution in [0.5, 0.6) is 5.75 Å². The van der Waals surface area contributed by atoms with Crippen molar-refractivity contribution in [2.45, 2.75) is 23.8 Å². The number of nitro groups is 1. The van der Waals surface area contributed by atoms with Crippen LogP contribution in [0.3, 0.4) is 0 Å². The Morgan fingerprint density at radius 3 is 2.47 bits per heavy atom. The number of ether oxygens (including phenoxy) is 1. The Hall–Kier alpha value is -3.66. The molecule has 3 aromatic rings. The Morgan fingerprint density at radius 1 is 1.13 bits per heavy atom. The molecule has 0 fully saturated rings. The molecule has 0 aliphatic heterocycles. The molecule has 156 valence electrons. The monoisotopic (exact) mass is 430 g/mol. The Kier molecular flexibility index (Phi) is 5.88. The van der Waals surface area contributed by atoms with Gasteiger partial charge in [-0.2, -0.15) is 0 Å². The molecule has 1 aromatic heterocycles. The van der Waals surface area contributed by atoms with Gasteiger partial charge >= 0.3 is 0 Å². The average molecular weight is 430 g/mol. The number of carbonyl (C=O) groups is 1. The first kappa shape index (κ1) is 21.1. The van der Waals surface area contributed by atoms with Crippen LogP contribution in [0.1, 0.15) is 23.0 Å². The lowest BCUT2D eigenvalue weighted by Gasteiger charge is -2.07.